The SMILES string of the molecule is C[C@@H](OC(=O)c1ccc(Cl)cc1N)C(=O)Nc1ccc(S(N)(=O)=O)cc1. The van der Waals surface area contributed by atoms with E-state index in [0.29, 0.717) is 10.7 Å². The zero-order chi connectivity index (χ0) is 19.5. The van der Waals surface area contributed by atoms with Gasteiger partial charge in [-0.1, -0.05) is 11.6 Å². The molecule has 0 aliphatic heterocycles. The Labute approximate surface area is 155 Å². The van der Waals surface area contributed by atoms with Crippen molar-refractivity contribution in [3.63, 3.8) is 0 Å². The topological polar surface area (TPSA) is 142 Å². The van der Waals surface area contributed by atoms with E-state index in [1.54, 1.807) is 0 Å². The Hall–Kier alpha value is -2.62. The van der Waals surface area contributed by atoms with Gasteiger partial charge in [0.05, 0.1) is 10.5 Å². The first-order valence-corrected chi connectivity index (χ1v) is 9.20. The fraction of sp³-hybridized carbons (Fsp3) is 0.125. The molecular formula is C16H16ClN3O5S. The molecule has 0 aromatic heterocycles. The van der Waals surface area contributed by atoms with Crippen LogP contribution >= 0.6 is 11.6 Å². The summed E-state index contributed by atoms with van der Waals surface area (Å²) >= 11 is 5.77. The van der Waals surface area contributed by atoms with Crippen LogP contribution in [0.3, 0.4) is 0 Å². The van der Waals surface area contributed by atoms with Gasteiger partial charge in [0.25, 0.3) is 5.91 Å². The Morgan fingerprint density at radius 3 is 2.31 bits per heavy atom. The molecule has 0 fully saturated rings. The van der Waals surface area contributed by atoms with Crippen molar-refractivity contribution < 1.29 is 22.7 Å². The molecule has 0 aliphatic rings. The maximum Gasteiger partial charge on any atom is 0.341 e. The van der Waals surface area contributed by atoms with Gasteiger partial charge in [0, 0.05) is 16.4 Å². The summed E-state index contributed by atoms with van der Waals surface area (Å²) < 4.78 is 27.5. The first-order valence-electron chi connectivity index (χ1n) is 7.27. The molecule has 0 bridgehead atoms. The van der Waals surface area contributed by atoms with Gasteiger partial charge in [-0.25, -0.2) is 18.4 Å². The van der Waals surface area contributed by atoms with Crippen molar-refractivity contribution in [2.45, 2.75) is 17.9 Å². The number of rotatable bonds is 5. The summed E-state index contributed by atoms with van der Waals surface area (Å²) in [7, 11) is -3.82. The minimum absolute atomic E-state index is 0.0894. The third kappa shape index (κ3) is 4.94. The lowest BCUT2D eigenvalue weighted by Gasteiger charge is -2.14. The minimum Gasteiger partial charge on any atom is -0.449 e. The quantitative estimate of drug-likeness (QED) is 0.518. The molecule has 1 atom stereocenters. The highest BCUT2D eigenvalue weighted by Crippen LogP contribution is 2.19. The van der Waals surface area contributed by atoms with Gasteiger partial charge in [0.1, 0.15) is 0 Å². The first kappa shape index (κ1) is 19.7. The smallest absolute Gasteiger partial charge is 0.341 e. The van der Waals surface area contributed by atoms with Crippen molar-refractivity contribution in [1.82, 2.24) is 0 Å². The predicted octanol–water partition coefficient (Wildman–Crippen LogP) is 1.75. The molecule has 2 aromatic rings. The molecule has 0 heterocycles. The van der Waals surface area contributed by atoms with Gasteiger partial charge < -0.3 is 15.8 Å². The molecule has 0 unspecified atom stereocenters. The molecule has 5 N–H and O–H groups in total. The average Bonchev–Trinajstić information content (AvgIpc) is 2.54. The van der Waals surface area contributed by atoms with Crippen LogP contribution in [0.2, 0.25) is 5.02 Å². The van der Waals surface area contributed by atoms with Crippen LogP contribution in [0, 0.1) is 0 Å². The van der Waals surface area contributed by atoms with E-state index in [2.05, 4.69) is 5.32 Å². The number of hydrogen-bond donors (Lipinski definition) is 3. The van der Waals surface area contributed by atoms with Crippen LogP contribution in [-0.2, 0) is 19.6 Å². The number of benzene rings is 2. The second-order valence-corrected chi connectivity index (χ2v) is 7.34. The summed E-state index contributed by atoms with van der Waals surface area (Å²) in [6.45, 7) is 1.39. The second kappa shape index (κ2) is 7.73. The van der Waals surface area contributed by atoms with Gasteiger partial charge in [-0.2, -0.15) is 0 Å². The summed E-state index contributed by atoms with van der Waals surface area (Å²) in [6.07, 6.45) is -1.12. The van der Waals surface area contributed by atoms with E-state index in [1.165, 1.54) is 49.4 Å². The molecule has 0 aliphatic carbocycles. The molecule has 0 spiro atoms. The molecule has 138 valence electrons. The third-order valence-electron chi connectivity index (χ3n) is 3.34. The number of hydrogen-bond acceptors (Lipinski definition) is 6. The molecule has 10 heteroatoms. The molecule has 8 nitrogen and oxygen atoms in total. The Bertz CT molecular complexity index is 945. The zero-order valence-corrected chi connectivity index (χ0v) is 15.2. The Balaban J connectivity index is 2.02. The number of carbonyl (C=O) groups is 2. The summed E-state index contributed by atoms with van der Waals surface area (Å²) in [5.74, 6) is -1.37. The van der Waals surface area contributed by atoms with E-state index in [-0.39, 0.29) is 16.1 Å². The molecule has 1 amide bonds. The van der Waals surface area contributed by atoms with Crippen LogP contribution in [0.1, 0.15) is 17.3 Å². The number of nitrogen functional groups attached to an aromatic ring is 1. The number of amides is 1. The number of nitrogens with two attached hydrogens (primary N) is 2. The molecule has 2 rings (SSSR count). The van der Waals surface area contributed by atoms with E-state index < -0.39 is 28.0 Å². The average molecular weight is 398 g/mol. The van der Waals surface area contributed by atoms with Crippen LogP contribution in [-0.4, -0.2) is 26.4 Å². The van der Waals surface area contributed by atoms with Crippen LogP contribution in [0.15, 0.2) is 47.4 Å². The predicted molar refractivity (Wildman–Crippen MR) is 97.2 cm³/mol. The number of anilines is 2. The molecule has 0 saturated carbocycles. The summed E-state index contributed by atoms with van der Waals surface area (Å²) in [6, 6.07) is 9.50. The number of nitrogens with one attached hydrogen (secondary N) is 1. The Morgan fingerprint density at radius 1 is 1.15 bits per heavy atom. The molecule has 0 saturated heterocycles. The van der Waals surface area contributed by atoms with Crippen molar-refractivity contribution >= 4 is 44.9 Å². The molecule has 26 heavy (non-hydrogen) atoms. The number of carbonyl (C=O) groups excluding carboxylic acids is 2. The van der Waals surface area contributed by atoms with Gasteiger partial charge in [0.2, 0.25) is 10.0 Å². The van der Waals surface area contributed by atoms with Crippen molar-refractivity contribution in [2.24, 2.45) is 5.14 Å². The largest absolute Gasteiger partial charge is 0.449 e. The number of ether oxygens (including phenoxy) is 1. The number of halogens is 1. The van der Waals surface area contributed by atoms with Crippen molar-refractivity contribution in [1.29, 1.82) is 0 Å². The maximum atomic E-state index is 12.1. The molecule has 2 aromatic carbocycles. The number of primary sulfonamides is 1. The van der Waals surface area contributed by atoms with E-state index >= 15 is 0 Å². The van der Waals surface area contributed by atoms with Crippen LogP contribution < -0.4 is 16.2 Å². The summed E-state index contributed by atoms with van der Waals surface area (Å²) in [5.41, 5.74) is 6.24. The normalized spacial score (nSPS) is 12.3. The van der Waals surface area contributed by atoms with Gasteiger partial charge in [-0.05, 0) is 49.4 Å². The highest BCUT2D eigenvalue weighted by Gasteiger charge is 2.20. The minimum atomic E-state index is -3.82. The zero-order valence-electron chi connectivity index (χ0n) is 13.6. The highest BCUT2D eigenvalue weighted by atomic mass is 35.5. The fourth-order valence-corrected chi connectivity index (χ4v) is 2.66. The number of esters is 1. The lowest BCUT2D eigenvalue weighted by Crippen LogP contribution is -2.30. The molecular weight excluding hydrogens is 382 g/mol. The van der Waals surface area contributed by atoms with Gasteiger partial charge in [-0.3, -0.25) is 4.79 Å². The van der Waals surface area contributed by atoms with Crippen molar-refractivity contribution in [2.75, 3.05) is 11.1 Å². The van der Waals surface area contributed by atoms with Crippen molar-refractivity contribution in [3.8, 4) is 0 Å². The van der Waals surface area contributed by atoms with E-state index in [1.807, 2.05) is 0 Å². The lowest BCUT2D eigenvalue weighted by atomic mass is 10.2. The third-order valence-corrected chi connectivity index (χ3v) is 4.50. The highest BCUT2D eigenvalue weighted by molar-refractivity contribution is 7.89. The maximum absolute atomic E-state index is 12.1. The summed E-state index contributed by atoms with van der Waals surface area (Å²) in [5, 5.41) is 7.86. The van der Waals surface area contributed by atoms with Gasteiger partial charge in [0.15, 0.2) is 6.10 Å². The number of sulfonamides is 1. The van der Waals surface area contributed by atoms with Gasteiger partial charge in [-0.15, -0.1) is 0 Å². The van der Waals surface area contributed by atoms with Crippen LogP contribution in [0.25, 0.3) is 0 Å². The lowest BCUT2D eigenvalue weighted by molar-refractivity contribution is -0.123. The van der Waals surface area contributed by atoms with E-state index in [9.17, 15) is 18.0 Å². The fourth-order valence-electron chi connectivity index (χ4n) is 1.97. The van der Waals surface area contributed by atoms with Crippen LogP contribution in [0.5, 0.6) is 0 Å². The Morgan fingerprint density at radius 2 is 1.77 bits per heavy atom. The van der Waals surface area contributed by atoms with Crippen molar-refractivity contribution in [3.05, 3.63) is 53.1 Å². The van der Waals surface area contributed by atoms with E-state index in [0.717, 1.165) is 0 Å². The summed E-state index contributed by atoms with van der Waals surface area (Å²) in [4.78, 5) is 24.1. The first-order chi connectivity index (χ1) is 12.1. The second-order valence-electron chi connectivity index (χ2n) is 5.34. The standard InChI is InChI=1S/C16H16ClN3O5S/c1-9(25-16(22)13-7-2-10(17)8-14(13)18)15(21)20-11-3-5-12(6-4-11)26(19,23)24/h2-9H,18H2,1H3,(H,20,21)(H2,19,23,24)/t9-/m1/s1. The van der Waals surface area contributed by atoms with Gasteiger partial charge >= 0.3 is 5.97 Å². The van der Waals surface area contributed by atoms with Crippen LogP contribution in [0.4, 0.5) is 11.4 Å². The van der Waals surface area contributed by atoms with E-state index in [4.69, 9.17) is 27.2 Å². The molecule has 0 radical (unpaired) electrons. The Kier molecular flexibility index (Phi) is 5.86. The monoisotopic (exact) mass is 397 g/mol.